The van der Waals surface area contributed by atoms with Crippen LogP contribution in [0.1, 0.15) is 19.8 Å². The Kier molecular flexibility index (Phi) is 6.74. The zero-order chi connectivity index (χ0) is 15.1. The van der Waals surface area contributed by atoms with E-state index in [1.807, 2.05) is 0 Å². The molecule has 7 nitrogen and oxygen atoms in total. The number of amides is 2. The van der Waals surface area contributed by atoms with Gasteiger partial charge < -0.3 is 20.0 Å². The maximum atomic E-state index is 12.3. The highest BCUT2D eigenvalue weighted by molar-refractivity contribution is 5.82. The third-order valence-electron chi connectivity index (χ3n) is 3.72. The van der Waals surface area contributed by atoms with Crippen molar-refractivity contribution < 1.29 is 19.8 Å². The van der Waals surface area contributed by atoms with Gasteiger partial charge in [0.25, 0.3) is 0 Å². The lowest BCUT2D eigenvalue weighted by atomic mass is 10.2. The summed E-state index contributed by atoms with van der Waals surface area (Å²) in [4.78, 5) is 28.6. The molecule has 1 saturated heterocycles. The van der Waals surface area contributed by atoms with Gasteiger partial charge >= 0.3 is 12.0 Å². The number of aliphatic hydroxyl groups is 1. The van der Waals surface area contributed by atoms with Gasteiger partial charge in [-0.25, -0.2) is 9.59 Å². The number of carboxylic acids is 1. The lowest BCUT2D eigenvalue weighted by Gasteiger charge is -2.30. The first-order valence-electron chi connectivity index (χ1n) is 7.09. The summed E-state index contributed by atoms with van der Waals surface area (Å²) >= 11 is 0. The molecule has 0 bridgehead atoms. The molecule has 2 amide bonds. The molecule has 0 aromatic carbocycles. The van der Waals surface area contributed by atoms with Crippen LogP contribution in [0.3, 0.4) is 0 Å². The number of likely N-dealkylation sites (N-methyl/N-ethyl adjacent to an activating group) is 1. The molecule has 1 heterocycles. The van der Waals surface area contributed by atoms with Gasteiger partial charge in [-0.3, -0.25) is 4.90 Å². The molecule has 0 aliphatic carbocycles. The number of nitrogens with zero attached hydrogens (tertiary/aromatic N) is 3. The number of carbonyl (C=O) groups excluding carboxylic acids is 1. The van der Waals surface area contributed by atoms with Crippen LogP contribution in [0.4, 0.5) is 4.79 Å². The van der Waals surface area contributed by atoms with Crippen molar-refractivity contribution in [2.24, 2.45) is 0 Å². The van der Waals surface area contributed by atoms with E-state index in [1.165, 1.54) is 4.90 Å². The van der Waals surface area contributed by atoms with Crippen LogP contribution >= 0.6 is 0 Å². The van der Waals surface area contributed by atoms with E-state index in [0.717, 1.165) is 13.0 Å². The summed E-state index contributed by atoms with van der Waals surface area (Å²) in [6, 6.07) is -1.01. The number of β-amino-alcohol motifs (C(OH)–C–C–N with tert-alkyl or cyclic N) is 1. The van der Waals surface area contributed by atoms with Crippen LogP contribution in [0.2, 0.25) is 0 Å². The van der Waals surface area contributed by atoms with Crippen LogP contribution in [0.5, 0.6) is 0 Å². The Balaban J connectivity index is 2.60. The number of rotatable bonds is 5. The van der Waals surface area contributed by atoms with Gasteiger partial charge in [-0.2, -0.15) is 0 Å². The summed E-state index contributed by atoms with van der Waals surface area (Å²) in [5.41, 5.74) is 0. The fourth-order valence-electron chi connectivity index (χ4n) is 2.50. The minimum Gasteiger partial charge on any atom is -0.480 e. The Morgan fingerprint density at radius 3 is 2.50 bits per heavy atom. The average molecular weight is 287 g/mol. The molecule has 20 heavy (non-hydrogen) atoms. The average Bonchev–Trinajstić information content (AvgIpc) is 2.64. The molecule has 0 aromatic rings. The Labute approximate surface area is 119 Å². The predicted octanol–water partition coefficient (Wildman–Crippen LogP) is -0.0986. The van der Waals surface area contributed by atoms with Gasteiger partial charge in [0.2, 0.25) is 0 Å². The van der Waals surface area contributed by atoms with E-state index in [0.29, 0.717) is 32.6 Å². The molecule has 1 fully saturated rings. The zero-order valence-corrected chi connectivity index (χ0v) is 12.3. The quantitative estimate of drug-likeness (QED) is 0.738. The first-order valence-corrected chi connectivity index (χ1v) is 7.09. The van der Waals surface area contributed by atoms with Gasteiger partial charge in [0.05, 0.1) is 6.61 Å². The second kappa shape index (κ2) is 8.06. The minimum absolute atomic E-state index is 0.116. The largest absolute Gasteiger partial charge is 0.480 e. The number of aliphatic carboxylic acids is 1. The first-order chi connectivity index (χ1) is 9.51. The molecule has 116 valence electrons. The molecule has 7 heteroatoms. The normalized spacial score (nSPS) is 18.4. The van der Waals surface area contributed by atoms with Gasteiger partial charge in [0.15, 0.2) is 0 Å². The molecule has 1 aliphatic heterocycles. The SMILES string of the molecule is CCC(C(=O)O)N(C)C(=O)N1CCCN(CCO)CC1. The van der Waals surface area contributed by atoms with E-state index >= 15 is 0 Å². The van der Waals surface area contributed by atoms with E-state index in [4.69, 9.17) is 10.2 Å². The third kappa shape index (κ3) is 4.35. The van der Waals surface area contributed by atoms with Gasteiger partial charge in [-0.1, -0.05) is 6.92 Å². The summed E-state index contributed by atoms with van der Waals surface area (Å²) in [5.74, 6) is -0.972. The second-order valence-corrected chi connectivity index (χ2v) is 5.06. The van der Waals surface area contributed by atoms with Crippen LogP contribution in [0.15, 0.2) is 0 Å². The molecule has 2 N–H and O–H groups in total. The monoisotopic (exact) mass is 287 g/mol. The lowest BCUT2D eigenvalue weighted by molar-refractivity contribution is -0.142. The third-order valence-corrected chi connectivity index (χ3v) is 3.72. The molecule has 1 aliphatic rings. The van der Waals surface area contributed by atoms with Crippen molar-refractivity contribution in [3.05, 3.63) is 0 Å². The van der Waals surface area contributed by atoms with Crippen molar-refractivity contribution >= 4 is 12.0 Å². The van der Waals surface area contributed by atoms with Gasteiger partial charge in [-0.15, -0.1) is 0 Å². The van der Waals surface area contributed by atoms with Crippen LogP contribution in [0.25, 0.3) is 0 Å². The molecule has 0 aromatic heterocycles. The standard InChI is InChI=1S/C13H25N3O4/c1-3-11(12(18)19)14(2)13(20)16-6-4-5-15(7-8-16)9-10-17/h11,17H,3-10H2,1-2H3,(H,18,19). The van der Waals surface area contributed by atoms with Crippen LogP contribution in [-0.2, 0) is 4.79 Å². The Morgan fingerprint density at radius 1 is 1.25 bits per heavy atom. The summed E-state index contributed by atoms with van der Waals surface area (Å²) in [6.45, 7) is 5.25. The summed E-state index contributed by atoms with van der Waals surface area (Å²) in [7, 11) is 1.54. The number of urea groups is 1. The van der Waals surface area contributed by atoms with Gasteiger partial charge in [-0.05, 0) is 19.4 Å². The summed E-state index contributed by atoms with van der Waals surface area (Å²) in [6.07, 6.45) is 1.23. The molecule has 0 radical (unpaired) electrons. The maximum Gasteiger partial charge on any atom is 0.326 e. The molecule has 0 saturated carbocycles. The molecular formula is C13H25N3O4. The summed E-state index contributed by atoms with van der Waals surface area (Å²) < 4.78 is 0. The summed E-state index contributed by atoms with van der Waals surface area (Å²) in [5, 5.41) is 18.1. The topological polar surface area (TPSA) is 84.3 Å². The molecule has 0 spiro atoms. The molecule has 1 unspecified atom stereocenters. The van der Waals surface area contributed by atoms with Crippen molar-refractivity contribution in [2.45, 2.75) is 25.8 Å². The van der Waals surface area contributed by atoms with Crippen LogP contribution < -0.4 is 0 Å². The number of carbonyl (C=O) groups is 2. The van der Waals surface area contributed by atoms with E-state index in [1.54, 1.807) is 18.9 Å². The molecule has 1 atom stereocenters. The van der Waals surface area contributed by atoms with E-state index in [9.17, 15) is 9.59 Å². The fourth-order valence-corrected chi connectivity index (χ4v) is 2.50. The van der Waals surface area contributed by atoms with Gasteiger partial charge in [0, 0.05) is 33.2 Å². The van der Waals surface area contributed by atoms with Crippen LogP contribution in [-0.4, -0.2) is 89.3 Å². The van der Waals surface area contributed by atoms with Crippen LogP contribution in [0, 0.1) is 0 Å². The van der Waals surface area contributed by atoms with E-state index in [-0.39, 0.29) is 12.6 Å². The molecule has 1 rings (SSSR count). The predicted molar refractivity (Wildman–Crippen MR) is 74.6 cm³/mol. The Hall–Kier alpha value is -1.34. The highest BCUT2D eigenvalue weighted by Gasteiger charge is 2.29. The van der Waals surface area contributed by atoms with Crippen molar-refractivity contribution in [2.75, 3.05) is 46.4 Å². The first kappa shape index (κ1) is 16.7. The lowest BCUT2D eigenvalue weighted by Crippen LogP contribution is -2.49. The van der Waals surface area contributed by atoms with E-state index < -0.39 is 12.0 Å². The number of aliphatic hydroxyl groups excluding tert-OH is 1. The van der Waals surface area contributed by atoms with Crippen molar-refractivity contribution in [1.82, 2.24) is 14.7 Å². The highest BCUT2D eigenvalue weighted by atomic mass is 16.4. The highest BCUT2D eigenvalue weighted by Crippen LogP contribution is 2.10. The number of hydrogen-bond acceptors (Lipinski definition) is 4. The minimum atomic E-state index is -0.972. The van der Waals surface area contributed by atoms with Crippen molar-refractivity contribution in [1.29, 1.82) is 0 Å². The van der Waals surface area contributed by atoms with Crippen molar-refractivity contribution in [3.63, 3.8) is 0 Å². The second-order valence-electron chi connectivity index (χ2n) is 5.06. The Bertz CT molecular complexity index is 338. The van der Waals surface area contributed by atoms with Gasteiger partial charge in [0.1, 0.15) is 6.04 Å². The number of hydrogen-bond donors (Lipinski definition) is 2. The maximum absolute atomic E-state index is 12.3. The fraction of sp³-hybridized carbons (Fsp3) is 0.846. The number of carboxylic acid groups (broad SMARTS) is 1. The van der Waals surface area contributed by atoms with E-state index in [2.05, 4.69) is 4.90 Å². The zero-order valence-electron chi connectivity index (χ0n) is 12.3. The Morgan fingerprint density at radius 2 is 1.95 bits per heavy atom. The van der Waals surface area contributed by atoms with Crippen molar-refractivity contribution in [3.8, 4) is 0 Å². The molecular weight excluding hydrogens is 262 g/mol. The smallest absolute Gasteiger partial charge is 0.326 e.